The van der Waals surface area contributed by atoms with Crippen LogP contribution in [0, 0.1) is 0 Å². The van der Waals surface area contributed by atoms with Crippen LogP contribution in [0.5, 0.6) is 0 Å². The number of thioether (sulfide) groups is 2. The van der Waals surface area contributed by atoms with Crippen molar-refractivity contribution in [3.63, 3.8) is 0 Å². The molecule has 132 valence electrons. The van der Waals surface area contributed by atoms with Gasteiger partial charge >= 0.3 is 0 Å². The van der Waals surface area contributed by atoms with Crippen molar-refractivity contribution in [1.29, 1.82) is 0 Å². The number of pyridine rings is 1. The van der Waals surface area contributed by atoms with Gasteiger partial charge in [0.2, 0.25) is 5.91 Å². The SMILES string of the molecule is O=C(CSCc1ccccn1)NC[C@]1(N2CCOCC2)CCSC1. The number of hydrogen-bond acceptors (Lipinski definition) is 6. The second-order valence-corrected chi connectivity index (χ2v) is 8.31. The Bertz CT molecular complexity index is 518. The third-order valence-electron chi connectivity index (χ3n) is 4.59. The summed E-state index contributed by atoms with van der Waals surface area (Å²) in [6.45, 7) is 4.32. The molecule has 24 heavy (non-hydrogen) atoms. The molecule has 0 radical (unpaired) electrons. The number of hydrogen-bond donors (Lipinski definition) is 1. The number of nitrogens with one attached hydrogen (secondary N) is 1. The molecule has 0 aromatic carbocycles. The molecule has 3 heterocycles. The Balaban J connectivity index is 1.43. The van der Waals surface area contributed by atoms with Gasteiger partial charge in [-0.05, 0) is 24.3 Å². The summed E-state index contributed by atoms with van der Waals surface area (Å²) >= 11 is 3.61. The van der Waals surface area contributed by atoms with E-state index in [4.69, 9.17) is 4.74 Å². The van der Waals surface area contributed by atoms with Gasteiger partial charge < -0.3 is 10.1 Å². The van der Waals surface area contributed by atoms with Crippen molar-refractivity contribution in [2.75, 3.05) is 50.1 Å². The average molecular weight is 368 g/mol. The minimum Gasteiger partial charge on any atom is -0.379 e. The fourth-order valence-electron chi connectivity index (χ4n) is 3.18. The van der Waals surface area contributed by atoms with Crippen LogP contribution in [0.4, 0.5) is 0 Å². The van der Waals surface area contributed by atoms with Gasteiger partial charge in [-0.2, -0.15) is 11.8 Å². The summed E-state index contributed by atoms with van der Waals surface area (Å²) in [4.78, 5) is 19.0. The summed E-state index contributed by atoms with van der Waals surface area (Å²) in [5, 5.41) is 3.17. The first-order valence-electron chi connectivity index (χ1n) is 8.43. The average Bonchev–Trinajstić information content (AvgIpc) is 3.12. The van der Waals surface area contributed by atoms with Crippen molar-refractivity contribution in [3.8, 4) is 0 Å². The smallest absolute Gasteiger partial charge is 0.230 e. The number of amides is 1. The topological polar surface area (TPSA) is 54.5 Å². The van der Waals surface area contributed by atoms with Gasteiger partial charge in [0.1, 0.15) is 0 Å². The molecule has 2 aliphatic rings. The number of rotatable bonds is 7. The lowest BCUT2D eigenvalue weighted by atomic mass is 9.95. The fraction of sp³-hybridized carbons (Fsp3) is 0.647. The zero-order valence-corrected chi connectivity index (χ0v) is 15.5. The molecule has 1 aromatic rings. The molecular formula is C17H25N3O2S2. The largest absolute Gasteiger partial charge is 0.379 e. The summed E-state index contributed by atoms with van der Waals surface area (Å²) in [5.74, 6) is 3.68. The summed E-state index contributed by atoms with van der Waals surface area (Å²) in [6.07, 6.45) is 2.94. The van der Waals surface area contributed by atoms with E-state index in [9.17, 15) is 4.79 Å². The van der Waals surface area contributed by atoms with Crippen molar-refractivity contribution in [2.45, 2.75) is 17.7 Å². The molecule has 2 aliphatic heterocycles. The molecule has 2 saturated heterocycles. The third-order valence-corrected chi connectivity index (χ3v) is 6.79. The van der Waals surface area contributed by atoms with E-state index in [0.29, 0.717) is 5.75 Å². The molecule has 3 rings (SSSR count). The van der Waals surface area contributed by atoms with E-state index in [2.05, 4.69) is 15.2 Å². The van der Waals surface area contributed by atoms with Crippen LogP contribution >= 0.6 is 23.5 Å². The Morgan fingerprint density at radius 2 is 2.29 bits per heavy atom. The minimum atomic E-state index is 0.121. The maximum atomic E-state index is 12.2. The Hall–Kier alpha value is -0.760. The van der Waals surface area contributed by atoms with E-state index in [-0.39, 0.29) is 11.4 Å². The quantitative estimate of drug-likeness (QED) is 0.791. The number of carbonyl (C=O) groups is 1. The van der Waals surface area contributed by atoms with E-state index in [1.54, 1.807) is 18.0 Å². The first-order valence-corrected chi connectivity index (χ1v) is 10.7. The van der Waals surface area contributed by atoms with Gasteiger partial charge in [0, 0.05) is 42.9 Å². The van der Waals surface area contributed by atoms with Gasteiger partial charge in [-0.25, -0.2) is 0 Å². The van der Waals surface area contributed by atoms with Gasteiger partial charge in [-0.1, -0.05) is 6.07 Å². The number of carbonyl (C=O) groups excluding carboxylic acids is 1. The predicted octanol–water partition coefficient (Wildman–Crippen LogP) is 1.64. The highest BCUT2D eigenvalue weighted by Crippen LogP contribution is 2.33. The molecule has 7 heteroatoms. The van der Waals surface area contributed by atoms with Crippen LogP contribution in [-0.4, -0.2) is 71.4 Å². The van der Waals surface area contributed by atoms with Crippen LogP contribution in [0.25, 0.3) is 0 Å². The first-order chi connectivity index (χ1) is 11.8. The van der Waals surface area contributed by atoms with Crippen LogP contribution < -0.4 is 5.32 Å². The monoisotopic (exact) mass is 367 g/mol. The molecule has 1 amide bonds. The highest BCUT2D eigenvalue weighted by molar-refractivity contribution is 7.99. The van der Waals surface area contributed by atoms with Gasteiger partial charge in [-0.15, -0.1) is 11.8 Å². The van der Waals surface area contributed by atoms with E-state index in [1.165, 1.54) is 5.75 Å². The van der Waals surface area contributed by atoms with E-state index in [1.807, 2.05) is 30.0 Å². The van der Waals surface area contributed by atoms with E-state index < -0.39 is 0 Å². The van der Waals surface area contributed by atoms with Crippen LogP contribution in [0.3, 0.4) is 0 Å². The van der Waals surface area contributed by atoms with Crippen LogP contribution in [0.15, 0.2) is 24.4 Å². The number of ether oxygens (including phenoxy) is 1. The molecule has 0 aliphatic carbocycles. The van der Waals surface area contributed by atoms with Gasteiger partial charge in [0.15, 0.2) is 0 Å². The van der Waals surface area contributed by atoms with Crippen molar-refractivity contribution in [1.82, 2.24) is 15.2 Å². The zero-order chi connectivity index (χ0) is 16.7. The molecule has 2 fully saturated rings. The summed E-state index contributed by atoms with van der Waals surface area (Å²) < 4.78 is 5.48. The molecule has 0 saturated carbocycles. The normalized spacial score (nSPS) is 24.8. The summed E-state index contributed by atoms with van der Waals surface area (Å²) in [6, 6.07) is 5.88. The van der Waals surface area contributed by atoms with Gasteiger partial charge in [0.05, 0.1) is 24.7 Å². The Morgan fingerprint density at radius 1 is 1.42 bits per heavy atom. The third kappa shape index (κ3) is 4.88. The van der Waals surface area contributed by atoms with Gasteiger partial charge in [-0.3, -0.25) is 14.7 Å². The maximum Gasteiger partial charge on any atom is 0.230 e. The molecule has 0 bridgehead atoms. The minimum absolute atomic E-state index is 0.121. The van der Waals surface area contributed by atoms with Gasteiger partial charge in [0.25, 0.3) is 0 Å². The standard InChI is InChI=1S/C17H25N3O2S2/c21-16(12-24-11-15-3-1-2-5-18-15)19-13-17(4-10-23-14-17)20-6-8-22-9-7-20/h1-3,5H,4,6-14H2,(H,19,21)/t17-/m1/s1. The molecule has 1 atom stereocenters. The second-order valence-electron chi connectivity index (χ2n) is 6.22. The highest BCUT2D eigenvalue weighted by atomic mass is 32.2. The van der Waals surface area contributed by atoms with Crippen LogP contribution in [0.2, 0.25) is 0 Å². The van der Waals surface area contributed by atoms with Crippen molar-refractivity contribution in [2.24, 2.45) is 0 Å². The Kier molecular flexibility index (Phi) is 6.83. The van der Waals surface area contributed by atoms with Crippen molar-refractivity contribution in [3.05, 3.63) is 30.1 Å². The van der Waals surface area contributed by atoms with Crippen molar-refractivity contribution >= 4 is 29.4 Å². The number of aromatic nitrogens is 1. The number of nitrogens with zero attached hydrogens (tertiary/aromatic N) is 2. The molecule has 1 N–H and O–H groups in total. The highest BCUT2D eigenvalue weighted by Gasteiger charge is 2.40. The molecule has 5 nitrogen and oxygen atoms in total. The Morgan fingerprint density at radius 3 is 3.00 bits per heavy atom. The summed E-state index contributed by atoms with van der Waals surface area (Å²) in [7, 11) is 0. The lowest BCUT2D eigenvalue weighted by molar-refractivity contribution is -0.119. The molecule has 1 aromatic heterocycles. The van der Waals surface area contributed by atoms with Crippen LogP contribution in [0.1, 0.15) is 12.1 Å². The maximum absolute atomic E-state index is 12.2. The second kappa shape index (κ2) is 9.08. The lowest BCUT2D eigenvalue weighted by Crippen LogP contribution is -2.59. The summed E-state index contributed by atoms with van der Waals surface area (Å²) in [5.41, 5.74) is 1.14. The predicted molar refractivity (Wildman–Crippen MR) is 100 cm³/mol. The van der Waals surface area contributed by atoms with Crippen molar-refractivity contribution < 1.29 is 9.53 Å². The van der Waals surface area contributed by atoms with E-state index >= 15 is 0 Å². The zero-order valence-electron chi connectivity index (χ0n) is 13.9. The number of morpholine rings is 1. The molecule has 0 unspecified atom stereocenters. The van der Waals surface area contributed by atoms with Crippen LogP contribution in [-0.2, 0) is 15.3 Å². The molecule has 0 spiro atoms. The molecular weight excluding hydrogens is 342 g/mol. The first kappa shape index (κ1) is 18.0. The fourth-order valence-corrected chi connectivity index (χ4v) is 5.43. The Labute approximate surface area is 152 Å². The van der Waals surface area contributed by atoms with E-state index in [0.717, 1.165) is 56.5 Å². The lowest BCUT2D eigenvalue weighted by Gasteiger charge is -2.43.